The van der Waals surface area contributed by atoms with E-state index in [9.17, 15) is 0 Å². The first-order valence-corrected chi connectivity index (χ1v) is 19.0. The second kappa shape index (κ2) is 13.6. The molecule has 1 radical (unpaired) electrons. The molecule has 3 heterocycles. The Labute approximate surface area is 268 Å². The molecular formula is C37H36IrN2SSi-2. The molecule has 1 saturated carbocycles. The first-order valence-electron chi connectivity index (χ1n) is 14.7. The quantitative estimate of drug-likeness (QED) is 0.132. The van der Waals surface area contributed by atoms with Crippen LogP contribution in [0.4, 0.5) is 0 Å². The second-order valence-corrected chi connectivity index (χ2v) is 18.1. The van der Waals surface area contributed by atoms with Crippen molar-refractivity contribution in [3.8, 4) is 22.5 Å². The average molecular weight is 761 g/mol. The molecule has 0 amide bonds. The molecule has 3 aromatic heterocycles. The Morgan fingerprint density at radius 3 is 2.29 bits per heavy atom. The molecule has 0 aliphatic heterocycles. The Bertz CT molecular complexity index is 1700. The summed E-state index contributed by atoms with van der Waals surface area (Å²) in [6, 6.07) is 36.2. The SMILES string of the molecule is C[Si](C)(C)c1ccc2sc3c(-c4ccc(C5CCCCC5)cn4)[c-]ccc3c2c1.[Ir].[c-]1ccccc1-c1ccccn1. The van der Waals surface area contributed by atoms with Crippen molar-refractivity contribution < 1.29 is 20.1 Å². The summed E-state index contributed by atoms with van der Waals surface area (Å²) in [5.41, 5.74) is 5.62. The molecule has 7 rings (SSSR count). The van der Waals surface area contributed by atoms with E-state index in [0.29, 0.717) is 5.92 Å². The van der Waals surface area contributed by atoms with Crippen LogP contribution < -0.4 is 5.19 Å². The van der Waals surface area contributed by atoms with E-state index in [1.165, 1.54) is 63.0 Å². The van der Waals surface area contributed by atoms with E-state index in [2.05, 4.69) is 85.4 Å². The number of fused-ring (bicyclic) bond motifs is 3. The zero-order valence-corrected chi connectivity index (χ0v) is 28.7. The zero-order valence-electron chi connectivity index (χ0n) is 24.5. The van der Waals surface area contributed by atoms with E-state index in [1.807, 2.05) is 53.8 Å². The van der Waals surface area contributed by atoms with Gasteiger partial charge in [0.2, 0.25) is 0 Å². The Kier molecular flexibility index (Phi) is 9.85. The molecule has 0 unspecified atom stereocenters. The van der Waals surface area contributed by atoms with Gasteiger partial charge in [-0.05, 0) is 57.9 Å². The first-order chi connectivity index (χ1) is 20.0. The molecule has 5 heteroatoms. The summed E-state index contributed by atoms with van der Waals surface area (Å²) >= 11 is 1.88. The predicted molar refractivity (Wildman–Crippen MR) is 179 cm³/mol. The predicted octanol–water partition coefficient (Wildman–Crippen LogP) is 10.1. The van der Waals surface area contributed by atoms with E-state index in [1.54, 1.807) is 6.20 Å². The summed E-state index contributed by atoms with van der Waals surface area (Å²) in [6.45, 7) is 7.25. The second-order valence-electron chi connectivity index (χ2n) is 12.0. The molecule has 6 aromatic rings. The number of thiophene rings is 1. The molecule has 1 aliphatic carbocycles. The van der Waals surface area contributed by atoms with Crippen LogP contribution in [-0.4, -0.2) is 18.0 Å². The van der Waals surface area contributed by atoms with Crippen LogP contribution in [0.3, 0.4) is 0 Å². The molecule has 215 valence electrons. The van der Waals surface area contributed by atoms with Gasteiger partial charge < -0.3 is 9.97 Å². The van der Waals surface area contributed by atoms with Crippen molar-refractivity contribution in [2.75, 3.05) is 0 Å². The minimum Gasteiger partial charge on any atom is -0.305 e. The molecular weight excluding hydrogens is 725 g/mol. The van der Waals surface area contributed by atoms with Crippen molar-refractivity contribution in [1.29, 1.82) is 0 Å². The summed E-state index contributed by atoms with van der Waals surface area (Å²) in [6.07, 6.45) is 10.7. The van der Waals surface area contributed by atoms with Crippen LogP contribution in [0.15, 0.2) is 97.3 Å². The Balaban J connectivity index is 0.000000228. The van der Waals surface area contributed by atoms with Gasteiger partial charge in [-0.1, -0.05) is 85.9 Å². The smallest absolute Gasteiger partial charge is 0.0776 e. The van der Waals surface area contributed by atoms with E-state index in [0.717, 1.165) is 22.5 Å². The van der Waals surface area contributed by atoms with Gasteiger partial charge in [0.25, 0.3) is 0 Å². The van der Waals surface area contributed by atoms with Crippen molar-refractivity contribution in [1.82, 2.24) is 9.97 Å². The maximum absolute atomic E-state index is 4.88. The van der Waals surface area contributed by atoms with E-state index in [4.69, 9.17) is 4.98 Å². The van der Waals surface area contributed by atoms with Crippen LogP contribution >= 0.6 is 11.3 Å². The molecule has 1 aliphatic rings. The number of nitrogens with zero attached hydrogens (tertiary/aromatic N) is 2. The fourth-order valence-corrected chi connectivity index (χ4v) is 8.05. The Hall–Kier alpha value is -2.95. The molecule has 0 spiro atoms. The fraction of sp³-hybridized carbons (Fsp3) is 0.243. The van der Waals surface area contributed by atoms with Crippen LogP contribution in [0.1, 0.15) is 43.6 Å². The number of pyridine rings is 2. The summed E-state index contributed by atoms with van der Waals surface area (Å²) in [5.74, 6) is 0.703. The van der Waals surface area contributed by atoms with Gasteiger partial charge in [-0.25, -0.2) is 0 Å². The summed E-state index contributed by atoms with van der Waals surface area (Å²) in [5, 5.41) is 4.25. The van der Waals surface area contributed by atoms with Crippen LogP contribution in [0.25, 0.3) is 42.7 Å². The van der Waals surface area contributed by atoms with Crippen LogP contribution in [-0.2, 0) is 20.1 Å². The molecule has 0 N–H and O–H groups in total. The fourth-order valence-electron chi connectivity index (χ4n) is 5.70. The minimum absolute atomic E-state index is 0. The van der Waals surface area contributed by atoms with Gasteiger partial charge >= 0.3 is 0 Å². The molecule has 0 atom stereocenters. The van der Waals surface area contributed by atoms with Crippen molar-refractivity contribution in [2.45, 2.75) is 57.7 Å². The van der Waals surface area contributed by atoms with E-state index in [-0.39, 0.29) is 20.1 Å². The van der Waals surface area contributed by atoms with Gasteiger partial charge in [0.15, 0.2) is 0 Å². The van der Waals surface area contributed by atoms with Crippen molar-refractivity contribution in [3.63, 3.8) is 0 Å². The number of rotatable bonds is 4. The van der Waals surface area contributed by atoms with Crippen LogP contribution in [0.2, 0.25) is 19.6 Å². The molecule has 2 nitrogen and oxygen atoms in total. The largest absolute Gasteiger partial charge is 0.305 e. The minimum atomic E-state index is -1.33. The Morgan fingerprint density at radius 1 is 0.762 bits per heavy atom. The number of benzene rings is 3. The van der Waals surface area contributed by atoms with E-state index >= 15 is 0 Å². The molecule has 3 aromatic carbocycles. The van der Waals surface area contributed by atoms with Gasteiger partial charge in [-0.3, -0.25) is 0 Å². The molecule has 1 fully saturated rings. The molecule has 0 bridgehead atoms. The third kappa shape index (κ3) is 6.81. The van der Waals surface area contributed by atoms with Gasteiger partial charge in [-0.15, -0.1) is 59.7 Å². The Morgan fingerprint density at radius 2 is 1.60 bits per heavy atom. The maximum atomic E-state index is 4.88. The maximum Gasteiger partial charge on any atom is 0.0776 e. The number of aromatic nitrogens is 2. The third-order valence-electron chi connectivity index (χ3n) is 8.07. The molecule has 42 heavy (non-hydrogen) atoms. The van der Waals surface area contributed by atoms with Gasteiger partial charge in [0.05, 0.1) is 8.07 Å². The van der Waals surface area contributed by atoms with E-state index < -0.39 is 8.07 Å². The standard InChI is InChI=1S/C26H28NSSi.C11H8N.Ir/c1-29(2,3)20-13-15-25-23(16-20)21-10-7-11-22(26(21)28-25)24-14-12-19(17-27-24)18-8-5-4-6-9-18;1-2-6-10(7-3-1)11-8-4-5-9-12-11;/h7,10,12-18H,4-6,8-9H2,1-3H3;1-6,8-9H;/q2*-1;. The zero-order chi connectivity index (χ0) is 28.2. The summed E-state index contributed by atoms with van der Waals surface area (Å²) in [7, 11) is -1.33. The average Bonchev–Trinajstić information content (AvgIpc) is 3.41. The number of hydrogen-bond donors (Lipinski definition) is 0. The summed E-state index contributed by atoms with van der Waals surface area (Å²) in [4.78, 5) is 9.10. The monoisotopic (exact) mass is 761 g/mol. The van der Waals surface area contributed by atoms with Crippen molar-refractivity contribution in [2.24, 2.45) is 0 Å². The van der Waals surface area contributed by atoms with Crippen LogP contribution in [0.5, 0.6) is 0 Å². The number of hydrogen-bond acceptors (Lipinski definition) is 3. The van der Waals surface area contributed by atoms with Crippen molar-refractivity contribution >= 4 is 44.8 Å². The van der Waals surface area contributed by atoms with Gasteiger partial charge in [0.1, 0.15) is 0 Å². The topological polar surface area (TPSA) is 25.8 Å². The third-order valence-corrected chi connectivity index (χ3v) is 11.3. The van der Waals surface area contributed by atoms with Crippen molar-refractivity contribution in [3.05, 3.63) is 115 Å². The van der Waals surface area contributed by atoms with Gasteiger partial charge in [-0.2, -0.15) is 11.3 Å². The first kappa shape index (κ1) is 30.5. The normalized spacial score (nSPS) is 13.8. The van der Waals surface area contributed by atoms with Gasteiger partial charge in [0, 0.05) is 37.2 Å². The van der Waals surface area contributed by atoms with Crippen LogP contribution in [0, 0.1) is 12.1 Å². The summed E-state index contributed by atoms with van der Waals surface area (Å²) < 4.78 is 2.68. The molecule has 0 saturated heterocycles.